The highest BCUT2D eigenvalue weighted by atomic mass is 16.5. The van der Waals surface area contributed by atoms with Crippen LogP contribution >= 0.6 is 0 Å². The molecule has 1 aliphatic rings. The minimum Gasteiger partial charge on any atom is -0.381 e. The van der Waals surface area contributed by atoms with Gasteiger partial charge >= 0.3 is 0 Å². The number of rotatable bonds is 10. The predicted molar refractivity (Wildman–Crippen MR) is 82.7 cm³/mol. The van der Waals surface area contributed by atoms with Crippen LogP contribution in [0.25, 0.3) is 0 Å². The zero-order valence-corrected chi connectivity index (χ0v) is 13.4. The van der Waals surface area contributed by atoms with Gasteiger partial charge in [0.15, 0.2) is 0 Å². The van der Waals surface area contributed by atoms with E-state index in [0.717, 1.165) is 0 Å². The fourth-order valence-corrected chi connectivity index (χ4v) is 2.77. The molecule has 0 aromatic carbocycles. The van der Waals surface area contributed by atoms with E-state index >= 15 is 0 Å². The molecule has 1 saturated heterocycles. The van der Waals surface area contributed by atoms with E-state index in [9.17, 15) is 0 Å². The first-order chi connectivity index (χ1) is 9.26. The molecule has 3 heteroatoms. The first kappa shape index (κ1) is 16.9. The van der Waals surface area contributed by atoms with Crippen molar-refractivity contribution in [1.29, 1.82) is 0 Å². The van der Waals surface area contributed by atoms with E-state index in [1.54, 1.807) is 0 Å². The molecule has 0 spiro atoms. The van der Waals surface area contributed by atoms with Gasteiger partial charge in [0.2, 0.25) is 0 Å². The van der Waals surface area contributed by atoms with Crippen LogP contribution in [0.2, 0.25) is 0 Å². The summed E-state index contributed by atoms with van der Waals surface area (Å²) in [5, 5.41) is 0. The van der Waals surface area contributed by atoms with Crippen molar-refractivity contribution in [3.05, 3.63) is 0 Å². The van der Waals surface area contributed by atoms with Gasteiger partial charge in [-0.2, -0.15) is 0 Å². The largest absolute Gasteiger partial charge is 0.381 e. The van der Waals surface area contributed by atoms with E-state index < -0.39 is 0 Å². The number of methoxy groups -OCH3 is 1. The summed E-state index contributed by atoms with van der Waals surface area (Å²) < 4.78 is 5.54. The maximum atomic E-state index is 5.54. The van der Waals surface area contributed by atoms with E-state index in [1.165, 1.54) is 77.7 Å². The normalized spacial score (nSPS) is 19.7. The maximum absolute atomic E-state index is 5.54. The molecule has 1 atom stereocenters. The SMILES string of the molecule is CCCC[C@H](CCCCCN1CCN(C)CC1)OC. The molecule has 0 amide bonds. The van der Waals surface area contributed by atoms with Crippen LogP contribution in [0.3, 0.4) is 0 Å². The fourth-order valence-electron chi connectivity index (χ4n) is 2.77. The Morgan fingerprint density at radius 1 is 0.947 bits per heavy atom. The third kappa shape index (κ3) is 7.91. The van der Waals surface area contributed by atoms with Gasteiger partial charge in [-0.05, 0) is 32.9 Å². The molecular formula is C16H34N2O. The summed E-state index contributed by atoms with van der Waals surface area (Å²) in [5.41, 5.74) is 0. The first-order valence-electron chi connectivity index (χ1n) is 8.20. The summed E-state index contributed by atoms with van der Waals surface area (Å²) in [5.74, 6) is 0. The van der Waals surface area contributed by atoms with Crippen molar-refractivity contribution in [3.63, 3.8) is 0 Å². The molecule has 1 fully saturated rings. The number of ether oxygens (including phenoxy) is 1. The zero-order chi connectivity index (χ0) is 13.9. The number of unbranched alkanes of at least 4 members (excludes halogenated alkanes) is 3. The second-order valence-corrected chi connectivity index (χ2v) is 5.99. The highest BCUT2D eigenvalue weighted by Crippen LogP contribution is 2.13. The summed E-state index contributed by atoms with van der Waals surface area (Å²) in [6, 6.07) is 0. The van der Waals surface area contributed by atoms with Gasteiger partial charge in [0.05, 0.1) is 6.10 Å². The van der Waals surface area contributed by atoms with Crippen molar-refractivity contribution in [3.8, 4) is 0 Å². The molecule has 0 N–H and O–H groups in total. The van der Waals surface area contributed by atoms with Crippen molar-refractivity contribution >= 4 is 0 Å². The average Bonchev–Trinajstić information content (AvgIpc) is 2.44. The van der Waals surface area contributed by atoms with Crippen LogP contribution in [-0.4, -0.2) is 62.8 Å². The Hall–Kier alpha value is -0.120. The Bertz CT molecular complexity index is 196. The lowest BCUT2D eigenvalue weighted by atomic mass is 10.0. The third-order valence-electron chi connectivity index (χ3n) is 4.31. The lowest BCUT2D eigenvalue weighted by Crippen LogP contribution is -2.44. The summed E-state index contributed by atoms with van der Waals surface area (Å²) in [6.07, 6.45) is 9.62. The molecule has 3 nitrogen and oxygen atoms in total. The number of likely N-dealkylation sites (N-methyl/N-ethyl adjacent to an activating group) is 1. The van der Waals surface area contributed by atoms with Gasteiger partial charge in [-0.3, -0.25) is 0 Å². The molecule has 0 saturated carbocycles. The van der Waals surface area contributed by atoms with Crippen LogP contribution in [0.5, 0.6) is 0 Å². The Morgan fingerprint density at radius 2 is 1.63 bits per heavy atom. The number of hydrogen-bond acceptors (Lipinski definition) is 3. The first-order valence-corrected chi connectivity index (χ1v) is 8.20. The summed E-state index contributed by atoms with van der Waals surface area (Å²) in [4.78, 5) is 5.04. The Labute approximate surface area is 120 Å². The fraction of sp³-hybridized carbons (Fsp3) is 1.00. The highest BCUT2D eigenvalue weighted by molar-refractivity contribution is 4.69. The van der Waals surface area contributed by atoms with E-state index in [4.69, 9.17) is 4.74 Å². The molecule has 0 bridgehead atoms. The molecule has 114 valence electrons. The lowest BCUT2D eigenvalue weighted by molar-refractivity contribution is 0.0831. The highest BCUT2D eigenvalue weighted by Gasteiger charge is 2.12. The van der Waals surface area contributed by atoms with Crippen LogP contribution in [0, 0.1) is 0 Å². The molecule has 1 rings (SSSR count). The zero-order valence-electron chi connectivity index (χ0n) is 13.4. The van der Waals surface area contributed by atoms with Crippen LogP contribution in [0.15, 0.2) is 0 Å². The minimum absolute atomic E-state index is 0.503. The van der Waals surface area contributed by atoms with Crippen molar-refractivity contribution in [2.24, 2.45) is 0 Å². The number of piperazine rings is 1. The second kappa shape index (κ2) is 10.6. The molecule has 19 heavy (non-hydrogen) atoms. The van der Waals surface area contributed by atoms with Crippen molar-refractivity contribution < 1.29 is 4.74 Å². The molecule has 0 radical (unpaired) electrons. The van der Waals surface area contributed by atoms with E-state index in [1.807, 2.05) is 7.11 Å². The molecule has 0 aliphatic carbocycles. The summed E-state index contributed by atoms with van der Waals surface area (Å²) >= 11 is 0. The number of hydrogen-bond donors (Lipinski definition) is 0. The second-order valence-electron chi connectivity index (χ2n) is 5.99. The number of nitrogens with zero attached hydrogens (tertiary/aromatic N) is 2. The quantitative estimate of drug-likeness (QED) is 0.568. The molecule has 0 aromatic rings. The lowest BCUT2D eigenvalue weighted by Gasteiger charge is -2.32. The van der Waals surface area contributed by atoms with E-state index in [-0.39, 0.29) is 0 Å². The van der Waals surface area contributed by atoms with Crippen molar-refractivity contribution in [1.82, 2.24) is 9.80 Å². The predicted octanol–water partition coefficient (Wildman–Crippen LogP) is 3.00. The minimum atomic E-state index is 0.503. The maximum Gasteiger partial charge on any atom is 0.0571 e. The van der Waals surface area contributed by atoms with Gasteiger partial charge in [0.1, 0.15) is 0 Å². The standard InChI is InChI=1S/C16H34N2O/c1-4-5-9-16(19-3)10-7-6-8-11-18-14-12-17(2)13-15-18/h16H,4-15H2,1-3H3/t16-/m1/s1. The van der Waals surface area contributed by atoms with Gasteiger partial charge in [0.25, 0.3) is 0 Å². The van der Waals surface area contributed by atoms with Gasteiger partial charge in [-0.15, -0.1) is 0 Å². The Kier molecular flexibility index (Phi) is 9.48. The molecule has 0 unspecified atom stereocenters. The summed E-state index contributed by atoms with van der Waals surface area (Å²) in [6.45, 7) is 8.54. The molecule has 1 heterocycles. The van der Waals surface area contributed by atoms with E-state index in [0.29, 0.717) is 6.10 Å². The van der Waals surface area contributed by atoms with E-state index in [2.05, 4.69) is 23.8 Å². The Balaban J connectivity index is 1.95. The van der Waals surface area contributed by atoms with Crippen LogP contribution in [0.1, 0.15) is 51.9 Å². The van der Waals surface area contributed by atoms with Crippen molar-refractivity contribution in [2.45, 2.75) is 58.0 Å². The molecule has 0 aromatic heterocycles. The van der Waals surface area contributed by atoms with Gasteiger partial charge in [-0.25, -0.2) is 0 Å². The Morgan fingerprint density at radius 3 is 2.26 bits per heavy atom. The molecular weight excluding hydrogens is 236 g/mol. The average molecular weight is 270 g/mol. The van der Waals surface area contributed by atoms with Gasteiger partial charge in [0, 0.05) is 33.3 Å². The van der Waals surface area contributed by atoms with Gasteiger partial charge < -0.3 is 14.5 Å². The molecule has 1 aliphatic heterocycles. The monoisotopic (exact) mass is 270 g/mol. The van der Waals surface area contributed by atoms with Gasteiger partial charge in [-0.1, -0.05) is 32.6 Å². The van der Waals surface area contributed by atoms with Crippen LogP contribution in [-0.2, 0) is 4.74 Å². The van der Waals surface area contributed by atoms with Crippen LogP contribution in [0.4, 0.5) is 0 Å². The smallest absolute Gasteiger partial charge is 0.0571 e. The summed E-state index contributed by atoms with van der Waals surface area (Å²) in [7, 11) is 4.09. The third-order valence-corrected chi connectivity index (χ3v) is 4.31. The topological polar surface area (TPSA) is 15.7 Å². The van der Waals surface area contributed by atoms with Crippen molar-refractivity contribution in [2.75, 3.05) is 46.9 Å². The van der Waals surface area contributed by atoms with Crippen LogP contribution < -0.4 is 0 Å².